The van der Waals surface area contributed by atoms with Crippen LogP contribution in [0.25, 0.3) is 6.08 Å². The maximum atomic E-state index is 12.5. The number of benzene rings is 3. The molecule has 0 aliphatic carbocycles. The zero-order valence-electron chi connectivity index (χ0n) is 15.8. The highest BCUT2D eigenvalue weighted by Gasteiger charge is 2.21. The van der Waals surface area contributed by atoms with Gasteiger partial charge in [0.1, 0.15) is 16.7 Å². The third kappa shape index (κ3) is 4.84. The first-order valence-electron chi connectivity index (χ1n) is 9.25. The highest BCUT2D eigenvalue weighted by Crippen LogP contribution is 2.26. The lowest BCUT2D eigenvalue weighted by Gasteiger charge is -2.08. The standard InChI is InChI=1S/C24H17NO3S2/c26-22(18-4-2-1-3-5-18)19-10-12-20(13-11-19)28-15-17-8-6-16(7-9-17)14-21-23(27)25-24(29)30-21/h1-14H,15H2,(H,25,27,29)/b21-14-. The Balaban J connectivity index is 1.36. The van der Waals surface area contributed by atoms with Crippen LogP contribution >= 0.6 is 24.0 Å². The number of thioether (sulfide) groups is 1. The number of hydrogen-bond donors (Lipinski definition) is 1. The first-order chi connectivity index (χ1) is 14.6. The third-order valence-electron chi connectivity index (χ3n) is 4.48. The fraction of sp³-hybridized carbons (Fsp3) is 0.0417. The number of carbonyl (C=O) groups excluding carboxylic acids is 2. The second kappa shape index (κ2) is 9.07. The number of rotatable bonds is 6. The summed E-state index contributed by atoms with van der Waals surface area (Å²) in [7, 11) is 0. The van der Waals surface area contributed by atoms with E-state index in [0.717, 1.165) is 11.1 Å². The number of nitrogens with one attached hydrogen (secondary N) is 1. The monoisotopic (exact) mass is 431 g/mol. The Labute approximate surface area is 184 Å². The Morgan fingerprint density at radius 1 is 0.933 bits per heavy atom. The van der Waals surface area contributed by atoms with E-state index in [1.807, 2.05) is 48.5 Å². The molecule has 0 atom stereocenters. The molecule has 30 heavy (non-hydrogen) atoms. The summed E-state index contributed by atoms with van der Waals surface area (Å²) in [5, 5.41) is 2.60. The van der Waals surface area contributed by atoms with Crippen molar-refractivity contribution in [1.82, 2.24) is 5.32 Å². The molecular formula is C24H17NO3S2. The van der Waals surface area contributed by atoms with E-state index in [2.05, 4.69) is 5.32 Å². The van der Waals surface area contributed by atoms with Gasteiger partial charge < -0.3 is 10.1 Å². The van der Waals surface area contributed by atoms with E-state index in [1.54, 1.807) is 36.4 Å². The predicted molar refractivity (Wildman–Crippen MR) is 123 cm³/mol. The minimum atomic E-state index is -0.161. The molecule has 1 aliphatic rings. The SMILES string of the molecule is O=C1NC(=S)S/C1=C\c1ccc(COc2ccc(C(=O)c3ccccc3)cc2)cc1. The molecule has 1 heterocycles. The Kier molecular flexibility index (Phi) is 6.07. The normalized spacial score (nSPS) is 14.6. The van der Waals surface area contributed by atoms with Crippen molar-refractivity contribution in [1.29, 1.82) is 0 Å². The Hall–Kier alpha value is -3.22. The Morgan fingerprint density at radius 2 is 1.60 bits per heavy atom. The quantitative estimate of drug-likeness (QED) is 0.339. The molecule has 0 radical (unpaired) electrons. The van der Waals surface area contributed by atoms with Gasteiger partial charge in [0.2, 0.25) is 0 Å². The van der Waals surface area contributed by atoms with Crippen LogP contribution in [0.15, 0.2) is 83.8 Å². The van der Waals surface area contributed by atoms with Crippen molar-refractivity contribution in [3.8, 4) is 5.75 Å². The second-order valence-electron chi connectivity index (χ2n) is 6.60. The van der Waals surface area contributed by atoms with Crippen molar-refractivity contribution in [2.75, 3.05) is 0 Å². The van der Waals surface area contributed by atoms with Gasteiger partial charge in [-0.1, -0.05) is 78.6 Å². The number of ether oxygens (including phenoxy) is 1. The van der Waals surface area contributed by atoms with Gasteiger partial charge in [-0.15, -0.1) is 0 Å². The zero-order chi connectivity index (χ0) is 20.9. The number of thiocarbonyl (C=S) groups is 1. The molecule has 4 rings (SSSR count). The molecule has 4 nitrogen and oxygen atoms in total. The first kappa shape index (κ1) is 20.1. The van der Waals surface area contributed by atoms with Crippen LogP contribution in [0.3, 0.4) is 0 Å². The Bertz CT molecular complexity index is 1120. The summed E-state index contributed by atoms with van der Waals surface area (Å²) in [4.78, 5) is 24.8. The van der Waals surface area contributed by atoms with Gasteiger partial charge in [0.25, 0.3) is 5.91 Å². The summed E-state index contributed by atoms with van der Waals surface area (Å²) in [6.45, 7) is 0.405. The van der Waals surface area contributed by atoms with E-state index in [9.17, 15) is 9.59 Å². The van der Waals surface area contributed by atoms with Gasteiger partial charge in [0, 0.05) is 11.1 Å². The second-order valence-corrected chi connectivity index (χ2v) is 8.32. The van der Waals surface area contributed by atoms with Crippen LogP contribution in [-0.2, 0) is 11.4 Å². The molecule has 148 valence electrons. The summed E-state index contributed by atoms with van der Waals surface area (Å²) in [6, 6.07) is 24.1. The maximum Gasteiger partial charge on any atom is 0.263 e. The van der Waals surface area contributed by atoms with Crippen LogP contribution < -0.4 is 10.1 Å². The predicted octanol–water partition coefficient (Wildman–Crippen LogP) is 4.99. The van der Waals surface area contributed by atoms with E-state index >= 15 is 0 Å². The summed E-state index contributed by atoms with van der Waals surface area (Å²) in [5.74, 6) is 0.520. The van der Waals surface area contributed by atoms with Crippen LogP contribution in [0.2, 0.25) is 0 Å². The lowest BCUT2D eigenvalue weighted by Crippen LogP contribution is -2.17. The van der Waals surface area contributed by atoms with Crippen molar-refractivity contribution in [2.45, 2.75) is 6.61 Å². The number of ketones is 1. The highest BCUT2D eigenvalue weighted by molar-refractivity contribution is 8.26. The van der Waals surface area contributed by atoms with E-state index in [0.29, 0.717) is 32.7 Å². The van der Waals surface area contributed by atoms with Gasteiger partial charge in [-0.3, -0.25) is 9.59 Å². The van der Waals surface area contributed by atoms with E-state index in [4.69, 9.17) is 17.0 Å². The van der Waals surface area contributed by atoms with Crippen LogP contribution in [0.5, 0.6) is 5.75 Å². The molecule has 3 aromatic rings. The van der Waals surface area contributed by atoms with Crippen molar-refractivity contribution in [2.24, 2.45) is 0 Å². The molecule has 0 bridgehead atoms. The minimum Gasteiger partial charge on any atom is -0.489 e. The lowest BCUT2D eigenvalue weighted by molar-refractivity contribution is -0.115. The molecule has 6 heteroatoms. The molecule has 0 saturated carbocycles. The largest absolute Gasteiger partial charge is 0.489 e. The smallest absolute Gasteiger partial charge is 0.263 e. The molecule has 1 saturated heterocycles. The fourth-order valence-corrected chi connectivity index (χ4v) is 3.95. The molecular weight excluding hydrogens is 414 g/mol. The Morgan fingerprint density at radius 3 is 2.23 bits per heavy atom. The number of amides is 1. The summed E-state index contributed by atoms with van der Waals surface area (Å²) >= 11 is 6.26. The molecule has 1 aliphatic heterocycles. The summed E-state index contributed by atoms with van der Waals surface area (Å²) in [6.07, 6.45) is 1.81. The van der Waals surface area contributed by atoms with Crippen molar-refractivity contribution in [3.63, 3.8) is 0 Å². The van der Waals surface area contributed by atoms with Gasteiger partial charge in [-0.2, -0.15) is 0 Å². The van der Waals surface area contributed by atoms with Gasteiger partial charge >= 0.3 is 0 Å². The van der Waals surface area contributed by atoms with Gasteiger partial charge in [0.15, 0.2) is 5.78 Å². The summed E-state index contributed by atoms with van der Waals surface area (Å²) < 4.78 is 6.30. The number of hydrogen-bond acceptors (Lipinski definition) is 5. The molecule has 1 N–H and O–H groups in total. The van der Waals surface area contributed by atoms with E-state index in [1.165, 1.54) is 11.8 Å². The molecule has 0 unspecified atom stereocenters. The van der Waals surface area contributed by atoms with Crippen LogP contribution in [-0.4, -0.2) is 16.0 Å². The van der Waals surface area contributed by atoms with Crippen molar-refractivity contribution < 1.29 is 14.3 Å². The molecule has 0 spiro atoms. The number of carbonyl (C=O) groups is 2. The van der Waals surface area contributed by atoms with Crippen LogP contribution in [0.1, 0.15) is 27.0 Å². The molecule has 0 aromatic heterocycles. The molecule has 1 amide bonds. The lowest BCUT2D eigenvalue weighted by atomic mass is 10.0. The van der Waals surface area contributed by atoms with Crippen LogP contribution in [0.4, 0.5) is 0 Å². The maximum absolute atomic E-state index is 12.5. The van der Waals surface area contributed by atoms with Gasteiger partial charge in [0.05, 0.1) is 4.91 Å². The van der Waals surface area contributed by atoms with Crippen molar-refractivity contribution in [3.05, 3.63) is 106 Å². The molecule has 3 aromatic carbocycles. The highest BCUT2D eigenvalue weighted by atomic mass is 32.2. The third-order valence-corrected chi connectivity index (χ3v) is 5.64. The minimum absolute atomic E-state index is 0.0123. The average molecular weight is 432 g/mol. The van der Waals surface area contributed by atoms with E-state index < -0.39 is 0 Å². The molecule has 1 fully saturated rings. The fourth-order valence-electron chi connectivity index (χ4n) is 2.91. The first-order valence-corrected chi connectivity index (χ1v) is 10.5. The van der Waals surface area contributed by atoms with Crippen LogP contribution in [0, 0.1) is 0 Å². The van der Waals surface area contributed by atoms with E-state index in [-0.39, 0.29) is 11.7 Å². The van der Waals surface area contributed by atoms with Gasteiger partial charge in [-0.25, -0.2) is 0 Å². The topological polar surface area (TPSA) is 55.4 Å². The summed E-state index contributed by atoms with van der Waals surface area (Å²) in [5.41, 5.74) is 3.21. The zero-order valence-corrected chi connectivity index (χ0v) is 17.5. The average Bonchev–Trinajstić information content (AvgIpc) is 3.10. The van der Waals surface area contributed by atoms with Crippen molar-refractivity contribution >= 4 is 46.1 Å². The van der Waals surface area contributed by atoms with Gasteiger partial charge in [-0.05, 0) is 41.5 Å².